The Labute approximate surface area is 81.4 Å². The van der Waals surface area contributed by atoms with Gasteiger partial charge in [-0.1, -0.05) is 21.8 Å². The second kappa shape index (κ2) is 2.36. The highest BCUT2D eigenvalue weighted by molar-refractivity contribution is 6.07. The van der Waals surface area contributed by atoms with E-state index in [4.69, 9.17) is 0 Å². The first-order chi connectivity index (χ1) is 6.81. The molecule has 1 aromatic carbocycles. The Kier molecular flexibility index (Phi) is 1.28. The van der Waals surface area contributed by atoms with Crippen LogP contribution in [0.1, 0.15) is 5.56 Å². The van der Waals surface area contributed by atoms with Crippen molar-refractivity contribution in [1.29, 1.82) is 0 Å². The van der Waals surface area contributed by atoms with Gasteiger partial charge in [-0.2, -0.15) is 0 Å². The minimum atomic E-state index is 0.340. The number of likely N-dealkylation sites (N-methyl/N-ethyl adjacent to an activating group) is 1. The average Bonchev–Trinajstić information content (AvgIpc) is 2.60. The Morgan fingerprint density at radius 1 is 1.14 bits per heavy atom. The third-order valence-corrected chi connectivity index (χ3v) is 2.63. The van der Waals surface area contributed by atoms with E-state index in [1.807, 2.05) is 31.3 Å². The highest BCUT2D eigenvalue weighted by Gasteiger charge is 2.39. The van der Waals surface area contributed by atoms with Gasteiger partial charge in [0.05, 0.1) is 5.22 Å². The van der Waals surface area contributed by atoms with Gasteiger partial charge in [-0.15, -0.1) is 0 Å². The van der Waals surface area contributed by atoms with Gasteiger partial charge in [0.1, 0.15) is 7.05 Å². The smallest absolute Gasteiger partial charge is 0.0978 e. The number of hydrogen-bond donors (Lipinski definition) is 0. The van der Waals surface area contributed by atoms with Crippen LogP contribution in [0.3, 0.4) is 0 Å². The molecule has 2 heterocycles. The van der Waals surface area contributed by atoms with Gasteiger partial charge in [0.15, 0.2) is 5.69 Å². The van der Waals surface area contributed by atoms with Crippen LogP contribution in [0.2, 0.25) is 0 Å². The number of para-hydroxylation sites is 1. The summed E-state index contributed by atoms with van der Waals surface area (Å²) < 4.78 is 0.340. The molecule has 0 amide bonds. The lowest BCUT2D eigenvalue weighted by Gasteiger charge is -2.24. The molecule has 1 aromatic rings. The number of rotatable bonds is 0. The third-order valence-electron chi connectivity index (χ3n) is 2.63. The van der Waals surface area contributed by atoms with Crippen LogP contribution < -0.4 is 4.59 Å². The molecule has 3 rings (SSSR count). The zero-order valence-electron chi connectivity index (χ0n) is 7.75. The number of nitrogens with zero attached hydrogens (tertiary/aromatic N) is 4. The summed E-state index contributed by atoms with van der Waals surface area (Å²) in [5.41, 5.74) is 2.30. The summed E-state index contributed by atoms with van der Waals surface area (Å²) in [6, 6.07) is 8.15. The minimum absolute atomic E-state index is 0.340. The van der Waals surface area contributed by atoms with Crippen molar-refractivity contribution in [2.75, 3.05) is 7.05 Å². The van der Waals surface area contributed by atoms with E-state index in [2.05, 4.69) is 27.7 Å². The van der Waals surface area contributed by atoms with Gasteiger partial charge in [0.25, 0.3) is 5.84 Å². The largest absolute Gasteiger partial charge is 0.281 e. The first-order valence-corrected chi connectivity index (χ1v) is 4.46. The Bertz CT molecular complexity index is 487. The van der Waals surface area contributed by atoms with Gasteiger partial charge in [0, 0.05) is 22.9 Å². The normalized spacial score (nSPS) is 27.1. The molecule has 0 saturated heterocycles. The molecule has 0 saturated carbocycles. The van der Waals surface area contributed by atoms with Crippen molar-refractivity contribution in [3.05, 3.63) is 35.9 Å². The molecule has 2 aliphatic rings. The van der Waals surface area contributed by atoms with Crippen molar-refractivity contribution >= 4 is 17.6 Å². The topological polar surface area (TPSA) is 37.1 Å². The molecule has 0 bridgehead atoms. The van der Waals surface area contributed by atoms with E-state index >= 15 is 0 Å². The third kappa shape index (κ3) is 0.781. The summed E-state index contributed by atoms with van der Waals surface area (Å²) in [6.45, 7) is 0. The fourth-order valence-electron chi connectivity index (χ4n) is 1.82. The molecule has 0 radical (unpaired) electrons. The first-order valence-electron chi connectivity index (χ1n) is 4.46. The van der Waals surface area contributed by atoms with Crippen molar-refractivity contribution in [2.45, 2.75) is 0 Å². The van der Waals surface area contributed by atoms with E-state index < -0.39 is 0 Å². The summed E-state index contributed by atoms with van der Waals surface area (Å²) in [6.07, 6.45) is 4.01. The van der Waals surface area contributed by atoms with Gasteiger partial charge < -0.3 is 0 Å². The van der Waals surface area contributed by atoms with E-state index in [1.54, 1.807) is 0 Å². The molecular formula is C10H9N4+. The molecule has 4 nitrogen and oxygen atoms in total. The van der Waals surface area contributed by atoms with E-state index in [0.717, 1.165) is 11.5 Å². The number of hydrogen-bond acceptors (Lipinski definition) is 3. The fraction of sp³-hybridized carbons (Fsp3) is 0.100. The molecule has 0 spiro atoms. The summed E-state index contributed by atoms with van der Waals surface area (Å²) in [4.78, 5) is 0. The summed E-state index contributed by atoms with van der Waals surface area (Å²) in [7, 11) is 1.98. The molecule has 0 aromatic heterocycles. The van der Waals surface area contributed by atoms with E-state index in [0.29, 0.717) is 4.59 Å². The van der Waals surface area contributed by atoms with E-state index in [9.17, 15) is 0 Å². The number of fused-ring (bicyclic) bond motifs is 3. The quantitative estimate of drug-likeness (QED) is 0.556. The van der Waals surface area contributed by atoms with Crippen molar-refractivity contribution < 1.29 is 0 Å². The van der Waals surface area contributed by atoms with Crippen LogP contribution >= 0.6 is 0 Å². The minimum Gasteiger partial charge on any atom is -0.0978 e. The molecule has 0 fully saturated rings. The first kappa shape index (κ1) is 7.58. The summed E-state index contributed by atoms with van der Waals surface area (Å²) >= 11 is 0. The van der Waals surface area contributed by atoms with Crippen LogP contribution in [0.15, 0.2) is 45.9 Å². The maximum atomic E-state index is 4.14. The maximum Gasteiger partial charge on any atom is 0.281 e. The second-order valence-corrected chi connectivity index (χ2v) is 3.49. The SMILES string of the molecule is C[N+]12N=NN=C1C=Cc1ccccc12. The van der Waals surface area contributed by atoms with Crippen LogP contribution in [0.5, 0.6) is 0 Å². The Morgan fingerprint density at radius 3 is 2.93 bits per heavy atom. The molecule has 68 valence electrons. The van der Waals surface area contributed by atoms with E-state index in [-0.39, 0.29) is 0 Å². The van der Waals surface area contributed by atoms with Crippen molar-refractivity contribution in [2.24, 2.45) is 15.5 Å². The van der Waals surface area contributed by atoms with Crippen LogP contribution in [0.4, 0.5) is 5.69 Å². The average molecular weight is 185 g/mol. The molecule has 1 unspecified atom stereocenters. The summed E-state index contributed by atoms with van der Waals surface area (Å²) in [5.74, 6) is 0.865. The molecule has 0 aliphatic carbocycles. The zero-order valence-corrected chi connectivity index (χ0v) is 7.75. The lowest BCUT2D eigenvalue weighted by molar-refractivity contribution is 0.510. The molecule has 4 heteroatoms. The predicted octanol–water partition coefficient (Wildman–Crippen LogP) is 2.34. The Balaban J connectivity index is 2.33. The monoisotopic (exact) mass is 185 g/mol. The van der Waals surface area contributed by atoms with Crippen LogP contribution in [-0.2, 0) is 0 Å². The lowest BCUT2D eigenvalue weighted by atomic mass is 10.1. The van der Waals surface area contributed by atoms with Gasteiger partial charge in [0.2, 0.25) is 0 Å². The highest BCUT2D eigenvalue weighted by Crippen LogP contribution is 2.34. The van der Waals surface area contributed by atoms with Gasteiger partial charge in [-0.3, -0.25) is 0 Å². The molecule has 0 N–H and O–H groups in total. The van der Waals surface area contributed by atoms with Crippen LogP contribution in [0, 0.1) is 0 Å². The summed E-state index contributed by atoms with van der Waals surface area (Å²) in [5, 5.41) is 11.9. The number of benzene rings is 1. The molecular weight excluding hydrogens is 176 g/mol. The Hall–Kier alpha value is -1.81. The van der Waals surface area contributed by atoms with Gasteiger partial charge >= 0.3 is 0 Å². The van der Waals surface area contributed by atoms with Gasteiger partial charge in [-0.05, 0) is 12.1 Å². The second-order valence-electron chi connectivity index (χ2n) is 3.49. The molecule has 1 atom stereocenters. The van der Waals surface area contributed by atoms with Crippen molar-refractivity contribution in [3.8, 4) is 0 Å². The van der Waals surface area contributed by atoms with Crippen LogP contribution in [0.25, 0.3) is 6.08 Å². The van der Waals surface area contributed by atoms with Crippen molar-refractivity contribution in [3.63, 3.8) is 0 Å². The number of quaternary nitrogens is 1. The van der Waals surface area contributed by atoms with E-state index in [1.165, 1.54) is 5.56 Å². The highest BCUT2D eigenvalue weighted by atomic mass is 15.8. The number of amidine groups is 1. The predicted molar refractivity (Wildman–Crippen MR) is 55.5 cm³/mol. The lowest BCUT2D eigenvalue weighted by Crippen LogP contribution is -2.43. The van der Waals surface area contributed by atoms with Crippen molar-refractivity contribution in [1.82, 2.24) is 4.59 Å². The molecule has 2 aliphatic heterocycles. The van der Waals surface area contributed by atoms with Gasteiger partial charge in [-0.25, -0.2) is 0 Å². The standard InChI is InChI=1S/C10H9N4/c1-14-9-5-3-2-4-8(9)6-7-10(14)11-12-13-14/h2-7H,1H3/q+1. The maximum absolute atomic E-state index is 4.14. The fourth-order valence-corrected chi connectivity index (χ4v) is 1.82. The Morgan fingerprint density at radius 2 is 2.00 bits per heavy atom. The zero-order chi connectivity index (χ0) is 9.60. The van der Waals surface area contributed by atoms with Crippen LogP contribution in [-0.4, -0.2) is 12.9 Å². The molecule has 14 heavy (non-hydrogen) atoms.